The molecule has 0 rings (SSSR count). The molecule has 0 heterocycles. The first kappa shape index (κ1) is 15.8. The molecule has 56 valence electrons. The topological polar surface area (TPSA) is 20.1 Å². The molecular weight excluding hydrogens is 114 g/mol. The maximum absolute atomic E-state index is 8.81. The summed E-state index contributed by atoms with van der Waals surface area (Å²) in [6.07, 6.45) is 2.75. The summed E-state index contributed by atoms with van der Waals surface area (Å²) in [5.74, 6) is 0. The molecule has 0 unspecified atom stereocenters. The Hall–Kier alpha value is -0.660. The Morgan fingerprint density at radius 2 is 1.33 bits per heavy atom. The summed E-state index contributed by atoms with van der Waals surface area (Å²) >= 11 is 0. The van der Waals surface area contributed by atoms with E-state index in [4.69, 9.17) is 4.79 Å². The number of hydrogen-bond acceptors (Lipinski definition) is 1. The van der Waals surface area contributed by atoms with Crippen molar-refractivity contribution in [2.75, 3.05) is 14.1 Å². The Bertz CT molecular complexity index is 73.0. The first-order chi connectivity index (χ1) is 3.68. The summed E-state index contributed by atoms with van der Waals surface area (Å²) < 4.78 is 2.00. The largest absolute Gasteiger partial charge is 0.304 e. The van der Waals surface area contributed by atoms with Crippen molar-refractivity contribution in [2.24, 2.45) is 0 Å². The fourth-order valence-corrected chi connectivity index (χ4v) is 0. The van der Waals surface area contributed by atoms with Gasteiger partial charge in [0.1, 0.15) is 26.6 Å². The fourth-order valence-electron chi connectivity index (χ4n) is 0. The highest BCUT2D eigenvalue weighted by molar-refractivity contribution is 5.46. The van der Waals surface area contributed by atoms with Gasteiger partial charge in [-0.1, -0.05) is 7.43 Å². The molecule has 0 aromatic rings. The van der Waals surface area contributed by atoms with Crippen LogP contribution in [0.5, 0.6) is 0 Å². The van der Waals surface area contributed by atoms with Gasteiger partial charge in [-0.2, -0.15) is 0 Å². The van der Waals surface area contributed by atoms with Crippen molar-refractivity contribution < 1.29 is 9.37 Å². The Morgan fingerprint density at radius 3 is 1.33 bits per heavy atom. The quantitative estimate of drug-likeness (QED) is 0.275. The first-order valence-corrected chi connectivity index (χ1v) is 2.54. The Morgan fingerprint density at radius 1 is 1.22 bits per heavy atom. The van der Waals surface area contributed by atoms with Crippen molar-refractivity contribution in [3.8, 4) is 0 Å². The van der Waals surface area contributed by atoms with Gasteiger partial charge < -0.3 is 4.79 Å². The minimum Gasteiger partial charge on any atom is -0.304 e. The van der Waals surface area contributed by atoms with E-state index in [1.807, 2.05) is 31.8 Å². The van der Waals surface area contributed by atoms with Gasteiger partial charge in [-0.05, 0) is 6.92 Å². The molecular formula is C7H18NO+. The van der Waals surface area contributed by atoms with Crippen LogP contribution in [0.4, 0.5) is 0 Å². The van der Waals surface area contributed by atoms with E-state index < -0.39 is 0 Å². The van der Waals surface area contributed by atoms with Crippen molar-refractivity contribution in [1.29, 1.82) is 0 Å². The fraction of sp³-hybridized carbons (Fsp3) is 0.714. The Balaban J connectivity index is -0.0000000800. The molecule has 0 aliphatic carbocycles. The lowest BCUT2D eigenvalue weighted by molar-refractivity contribution is -0.459. The molecule has 0 N–H and O–H groups in total. The maximum Gasteiger partial charge on any atom is 0.136 e. The van der Waals surface area contributed by atoms with Crippen molar-refractivity contribution in [3.05, 3.63) is 0 Å². The molecule has 0 radical (unpaired) electrons. The molecule has 2 heteroatoms. The van der Waals surface area contributed by atoms with Crippen LogP contribution in [-0.4, -0.2) is 31.2 Å². The zero-order valence-corrected chi connectivity index (χ0v) is 6.01. The SMILES string of the molecule is C.CC=O.CC=[N+](C)C. The van der Waals surface area contributed by atoms with Crippen molar-refractivity contribution in [1.82, 2.24) is 0 Å². The van der Waals surface area contributed by atoms with Gasteiger partial charge in [0.25, 0.3) is 0 Å². The predicted molar refractivity (Wildman–Crippen MR) is 42.3 cm³/mol. The van der Waals surface area contributed by atoms with E-state index in [1.165, 1.54) is 6.92 Å². The monoisotopic (exact) mass is 132 g/mol. The standard InChI is InChI=1S/C4H10N.C2H4O.CH4/c1-4-5(2)3;1-2-3;/h4H,1-3H3;2H,1H3;1H4/q+1;;. The predicted octanol–water partition coefficient (Wildman–Crippen LogP) is 1.19. The molecule has 9 heavy (non-hydrogen) atoms. The van der Waals surface area contributed by atoms with Gasteiger partial charge in [-0.15, -0.1) is 0 Å². The molecule has 0 amide bonds. The molecule has 0 bridgehead atoms. The van der Waals surface area contributed by atoms with Crippen LogP contribution < -0.4 is 0 Å². The van der Waals surface area contributed by atoms with E-state index in [-0.39, 0.29) is 7.43 Å². The second-order valence-corrected chi connectivity index (χ2v) is 1.46. The Labute approximate surface area is 58.2 Å². The van der Waals surface area contributed by atoms with Gasteiger partial charge in [0.2, 0.25) is 0 Å². The molecule has 0 aliphatic heterocycles. The van der Waals surface area contributed by atoms with E-state index in [1.54, 1.807) is 0 Å². The second-order valence-electron chi connectivity index (χ2n) is 1.46. The molecule has 0 spiro atoms. The van der Waals surface area contributed by atoms with Crippen molar-refractivity contribution in [3.63, 3.8) is 0 Å². The lowest BCUT2D eigenvalue weighted by Gasteiger charge is -1.72. The molecule has 0 aromatic heterocycles. The third-order valence-corrected chi connectivity index (χ3v) is 0.516. The molecule has 0 fully saturated rings. The number of nitrogens with zero attached hydrogens (tertiary/aromatic N) is 1. The Kier molecular flexibility index (Phi) is 27.4. The molecule has 0 aromatic carbocycles. The lowest BCUT2D eigenvalue weighted by atomic mass is 10.8. The summed E-state index contributed by atoms with van der Waals surface area (Å²) in [7, 11) is 4.00. The summed E-state index contributed by atoms with van der Waals surface area (Å²) in [5.41, 5.74) is 0. The van der Waals surface area contributed by atoms with Gasteiger partial charge in [0.05, 0.1) is 0 Å². The highest BCUT2D eigenvalue weighted by Gasteiger charge is 1.64. The molecule has 0 atom stereocenters. The smallest absolute Gasteiger partial charge is 0.136 e. The van der Waals surface area contributed by atoms with E-state index in [2.05, 4.69) is 0 Å². The second kappa shape index (κ2) is 15.7. The summed E-state index contributed by atoms with van der Waals surface area (Å²) in [5, 5.41) is 0. The summed E-state index contributed by atoms with van der Waals surface area (Å²) in [6, 6.07) is 0. The minimum absolute atomic E-state index is 0. The van der Waals surface area contributed by atoms with E-state index in [9.17, 15) is 0 Å². The molecule has 0 saturated carbocycles. The van der Waals surface area contributed by atoms with E-state index in [0.717, 1.165) is 6.29 Å². The van der Waals surface area contributed by atoms with Crippen LogP contribution >= 0.6 is 0 Å². The van der Waals surface area contributed by atoms with Crippen LogP contribution in [0.3, 0.4) is 0 Å². The summed E-state index contributed by atoms with van der Waals surface area (Å²) in [6.45, 7) is 3.44. The molecule has 2 nitrogen and oxygen atoms in total. The lowest BCUT2D eigenvalue weighted by Crippen LogP contribution is -1.93. The van der Waals surface area contributed by atoms with Gasteiger partial charge >= 0.3 is 0 Å². The summed E-state index contributed by atoms with van der Waals surface area (Å²) in [4.78, 5) is 8.81. The maximum atomic E-state index is 8.81. The molecule has 0 saturated heterocycles. The van der Waals surface area contributed by atoms with Crippen LogP contribution in [0.25, 0.3) is 0 Å². The van der Waals surface area contributed by atoms with Crippen LogP contribution in [-0.2, 0) is 4.79 Å². The number of carbonyl (C=O) groups is 1. The zero-order valence-electron chi connectivity index (χ0n) is 6.01. The van der Waals surface area contributed by atoms with Crippen LogP contribution in [0, 0.1) is 0 Å². The normalized spacial score (nSPS) is 5.33. The van der Waals surface area contributed by atoms with E-state index in [0.29, 0.717) is 0 Å². The highest BCUT2D eigenvalue weighted by atomic mass is 16.1. The molecule has 0 aliphatic rings. The zero-order chi connectivity index (χ0) is 6.99. The van der Waals surface area contributed by atoms with Gasteiger partial charge in [0.15, 0.2) is 0 Å². The van der Waals surface area contributed by atoms with Crippen LogP contribution in [0.2, 0.25) is 0 Å². The van der Waals surface area contributed by atoms with Crippen molar-refractivity contribution >= 4 is 12.5 Å². The third-order valence-electron chi connectivity index (χ3n) is 0.516. The number of rotatable bonds is 0. The van der Waals surface area contributed by atoms with Gasteiger partial charge in [-0.25, -0.2) is 4.58 Å². The van der Waals surface area contributed by atoms with Crippen molar-refractivity contribution in [2.45, 2.75) is 21.3 Å². The van der Waals surface area contributed by atoms with Crippen LogP contribution in [0.1, 0.15) is 21.3 Å². The average molecular weight is 132 g/mol. The average Bonchev–Trinajstić information content (AvgIpc) is 1.69. The number of carbonyl (C=O) groups excluding carboxylic acids is 1. The van der Waals surface area contributed by atoms with Gasteiger partial charge in [-0.3, -0.25) is 0 Å². The highest BCUT2D eigenvalue weighted by Crippen LogP contribution is 1.43. The minimum atomic E-state index is 0. The number of hydrogen-bond donors (Lipinski definition) is 0. The number of aldehydes is 1. The third kappa shape index (κ3) is 117. The van der Waals surface area contributed by atoms with Gasteiger partial charge in [0, 0.05) is 6.92 Å². The van der Waals surface area contributed by atoms with Crippen LogP contribution in [0.15, 0.2) is 0 Å². The van der Waals surface area contributed by atoms with E-state index >= 15 is 0 Å². The first-order valence-electron chi connectivity index (χ1n) is 2.54.